The summed E-state index contributed by atoms with van der Waals surface area (Å²) in [6.07, 6.45) is 0.665. The number of aldehydes is 1. The molecule has 0 aromatic carbocycles. The van der Waals surface area contributed by atoms with E-state index >= 15 is 0 Å². The second-order valence-corrected chi connectivity index (χ2v) is 2.44. The predicted octanol–water partition coefficient (Wildman–Crippen LogP) is 1.64. The Bertz CT molecular complexity index is 266. The zero-order valence-electron chi connectivity index (χ0n) is 6.58. The first kappa shape index (κ1) is 9.00. The van der Waals surface area contributed by atoms with Gasteiger partial charge in [0.05, 0.1) is 18.7 Å². The monoisotopic (exact) mass is 185 g/mol. The van der Waals surface area contributed by atoms with E-state index in [0.717, 1.165) is 0 Å². The van der Waals surface area contributed by atoms with Gasteiger partial charge in [-0.2, -0.15) is 0 Å². The molecule has 4 heteroatoms. The van der Waals surface area contributed by atoms with Crippen molar-refractivity contribution < 1.29 is 9.53 Å². The van der Waals surface area contributed by atoms with Gasteiger partial charge in [0.25, 0.3) is 0 Å². The van der Waals surface area contributed by atoms with Gasteiger partial charge in [0.15, 0.2) is 6.29 Å². The van der Waals surface area contributed by atoms with Crippen molar-refractivity contribution in [2.75, 3.05) is 7.11 Å². The van der Waals surface area contributed by atoms with E-state index in [2.05, 4.69) is 4.98 Å². The minimum atomic E-state index is 0.276. The molecule has 1 rings (SSSR count). The highest BCUT2D eigenvalue weighted by molar-refractivity contribution is 6.16. The van der Waals surface area contributed by atoms with Crippen molar-refractivity contribution in [3.8, 4) is 5.75 Å². The molecule has 0 aliphatic rings. The van der Waals surface area contributed by atoms with Crippen molar-refractivity contribution in [3.05, 3.63) is 23.5 Å². The number of rotatable bonds is 3. The number of carbonyl (C=O) groups is 1. The summed E-state index contributed by atoms with van der Waals surface area (Å²) in [7, 11) is 1.53. The van der Waals surface area contributed by atoms with Crippen LogP contribution in [0.25, 0.3) is 0 Å². The van der Waals surface area contributed by atoms with Crippen molar-refractivity contribution in [3.63, 3.8) is 0 Å². The molecule has 0 saturated carbocycles. The number of carbonyl (C=O) groups excluding carboxylic acids is 1. The fourth-order valence-electron chi connectivity index (χ4n) is 0.829. The Morgan fingerprint density at radius 2 is 2.42 bits per heavy atom. The van der Waals surface area contributed by atoms with Crippen LogP contribution in [0.15, 0.2) is 12.1 Å². The summed E-state index contributed by atoms with van der Waals surface area (Å²) >= 11 is 5.55. The first-order valence-electron chi connectivity index (χ1n) is 3.36. The Labute approximate surface area is 75.3 Å². The molecule has 0 bridgehead atoms. The summed E-state index contributed by atoms with van der Waals surface area (Å²) in [5, 5.41) is 0. The summed E-state index contributed by atoms with van der Waals surface area (Å²) in [6.45, 7) is 0. The summed E-state index contributed by atoms with van der Waals surface area (Å²) in [5.74, 6) is 0.876. The molecular weight excluding hydrogens is 178 g/mol. The normalized spacial score (nSPS) is 9.50. The molecule has 0 saturated heterocycles. The molecule has 0 spiro atoms. The Morgan fingerprint density at radius 1 is 1.67 bits per heavy atom. The highest BCUT2D eigenvalue weighted by atomic mass is 35.5. The van der Waals surface area contributed by atoms with Crippen LogP contribution in [0.2, 0.25) is 0 Å². The molecule has 0 unspecified atom stereocenters. The third-order valence-electron chi connectivity index (χ3n) is 1.37. The van der Waals surface area contributed by atoms with E-state index < -0.39 is 0 Å². The fourth-order valence-corrected chi connectivity index (χ4v) is 0.966. The maximum absolute atomic E-state index is 10.4. The van der Waals surface area contributed by atoms with Crippen LogP contribution < -0.4 is 4.74 Å². The van der Waals surface area contributed by atoms with Crippen LogP contribution in [0, 0.1) is 0 Å². The minimum Gasteiger partial charge on any atom is -0.497 e. The van der Waals surface area contributed by atoms with Crippen LogP contribution in [0.5, 0.6) is 5.75 Å². The van der Waals surface area contributed by atoms with E-state index in [1.165, 1.54) is 7.11 Å². The zero-order valence-corrected chi connectivity index (χ0v) is 7.34. The lowest BCUT2D eigenvalue weighted by Crippen LogP contribution is -1.94. The minimum absolute atomic E-state index is 0.276. The largest absolute Gasteiger partial charge is 0.497 e. The molecule has 3 nitrogen and oxygen atoms in total. The van der Waals surface area contributed by atoms with Crippen LogP contribution in [-0.4, -0.2) is 18.4 Å². The molecule has 1 aromatic rings. The molecule has 1 aromatic heterocycles. The number of pyridine rings is 1. The van der Waals surface area contributed by atoms with Gasteiger partial charge in [-0.15, -0.1) is 11.6 Å². The summed E-state index contributed by atoms with van der Waals surface area (Å²) in [4.78, 5) is 14.3. The molecule has 0 aliphatic heterocycles. The topological polar surface area (TPSA) is 39.2 Å². The number of halogens is 1. The summed E-state index contributed by atoms with van der Waals surface area (Å²) in [6, 6.07) is 3.25. The Kier molecular flexibility index (Phi) is 3.05. The van der Waals surface area contributed by atoms with Crippen molar-refractivity contribution in [1.29, 1.82) is 0 Å². The lowest BCUT2D eigenvalue weighted by Gasteiger charge is -2.01. The van der Waals surface area contributed by atoms with E-state index in [9.17, 15) is 4.79 Å². The molecule has 0 N–H and O–H groups in total. The van der Waals surface area contributed by atoms with Crippen molar-refractivity contribution >= 4 is 17.9 Å². The average molecular weight is 186 g/mol. The standard InChI is InChI=1S/C8H8ClNO2/c1-12-8-2-6(4-9)10-7(3-8)5-11/h2-3,5H,4H2,1H3. The van der Waals surface area contributed by atoms with E-state index in [1.54, 1.807) is 12.1 Å². The highest BCUT2D eigenvalue weighted by Crippen LogP contribution is 2.13. The fraction of sp³-hybridized carbons (Fsp3) is 0.250. The average Bonchev–Trinajstić information content (AvgIpc) is 2.16. The first-order valence-corrected chi connectivity index (χ1v) is 3.89. The van der Waals surface area contributed by atoms with Gasteiger partial charge in [-0.1, -0.05) is 0 Å². The summed E-state index contributed by atoms with van der Waals surface area (Å²) < 4.78 is 4.94. The molecular formula is C8H8ClNO2. The molecule has 0 fully saturated rings. The van der Waals surface area contributed by atoms with Crippen molar-refractivity contribution in [1.82, 2.24) is 4.98 Å². The van der Waals surface area contributed by atoms with Crippen molar-refractivity contribution in [2.45, 2.75) is 5.88 Å². The van der Waals surface area contributed by atoms with Crippen LogP contribution in [0.4, 0.5) is 0 Å². The lowest BCUT2D eigenvalue weighted by molar-refractivity contribution is 0.111. The maximum atomic E-state index is 10.4. The molecule has 0 atom stereocenters. The van der Waals surface area contributed by atoms with Crippen LogP contribution in [0.3, 0.4) is 0 Å². The van der Waals surface area contributed by atoms with E-state index in [0.29, 0.717) is 23.4 Å². The number of aromatic nitrogens is 1. The number of alkyl halides is 1. The van der Waals surface area contributed by atoms with E-state index in [-0.39, 0.29) is 5.88 Å². The number of nitrogens with zero attached hydrogens (tertiary/aromatic N) is 1. The highest BCUT2D eigenvalue weighted by Gasteiger charge is 2.00. The van der Waals surface area contributed by atoms with Gasteiger partial charge in [0.2, 0.25) is 0 Å². The predicted molar refractivity (Wildman–Crippen MR) is 45.7 cm³/mol. The number of hydrogen-bond acceptors (Lipinski definition) is 3. The molecule has 0 radical (unpaired) electrons. The van der Waals surface area contributed by atoms with Crippen LogP contribution in [-0.2, 0) is 5.88 Å². The Balaban J connectivity index is 3.09. The Hall–Kier alpha value is -1.09. The molecule has 0 amide bonds. The van der Waals surface area contributed by atoms with Gasteiger partial charge < -0.3 is 4.74 Å². The van der Waals surface area contributed by atoms with Gasteiger partial charge in [0.1, 0.15) is 11.4 Å². The van der Waals surface area contributed by atoms with E-state index in [1.807, 2.05) is 0 Å². The molecule has 1 heterocycles. The third kappa shape index (κ3) is 1.95. The van der Waals surface area contributed by atoms with E-state index in [4.69, 9.17) is 16.3 Å². The lowest BCUT2D eigenvalue weighted by atomic mass is 10.3. The SMILES string of the molecule is COc1cc(C=O)nc(CCl)c1. The summed E-state index contributed by atoms with van der Waals surface area (Å²) in [5.41, 5.74) is 0.975. The van der Waals surface area contributed by atoms with Crippen LogP contribution >= 0.6 is 11.6 Å². The quantitative estimate of drug-likeness (QED) is 0.531. The zero-order chi connectivity index (χ0) is 8.97. The number of hydrogen-bond donors (Lipinski definition) is 0. The van der Waals surface area contributed by atoms with Gasteiger partial charge in [-0.25, -0.2) is 4.98 Å². The number of ether oxygens (including phenoxy) is 1. The number of methoxy groups -OCH3 is 1. The first-order chi connectivity index (χ1) is 5.80. The Morgan fingerprint density at radius 3 is 2.92 bits per heavy atom. The molecule has 64 valence electrons. The van der Waals surface area contributed by atoms with Gasteiger partial charge >= 0.3 is 0 Å². The smallest absolute Gasteiger partial charge is 0.168 e. The van der Waals surface area contributed by atoms with Gasteiger partial charge in [0, 0.05) is 12.1 Å². The second-order valence-electron chi connectivity index (χ2n) is 2.17. The van der Waals surface area contributed by atoms with Crippen LogP contribution in [0.1, 0.15) is 16.2 Å². The molecule has 12 heavy (non-hydrogen) atoms. The maximum Gasteiger partial charge on any atom is 0.168 e. The van der Waals surface area contributed by atoms with Gasteiger partial charge in [-0.05, 0) is 0 Å². The van der Waals surface area contributed by atoms with Gasteiger partial charge in [-0.3, -0.25) is 4.79 Å². The third-order valence-corrected chi connectivity index (χ3v) is 1.64. The van der Waals surface area contributed by atoms with Crippen molar-refractivity contribution in [2.24, 2.45) is 0 Å². The second kappa shape index (κ2) is 4.07. The molecule has 0 aliphatic carbocycles.